The van der Waals surface area contributed by atoms with Crippen LogP contribution in [-0.4, -0.2) is 47.9 Å². The van der Waals surface area contributed by atoms with Crippen LogP contribution in [0.15, 0.2) is 18.2 Å². The maximum absolute atomic E-state index is 12.3. The second-order valence-corrected chi connectivity index (χ2v) is 6.14. The molecule has 140 valence electrons. The van der Waals surface area contributed by atoms with Crippen LogP contribution in [0.1, 0.15) is 26.3 Å². The molecule has 0 bridgehead atoms. The monoisotopic (exact) mass is 417 g/mol. The maximum Gasteiger partial charge on any atom is 0.239 e. The summed E-state index contributed by atoms with van der Waals surface area (Å²) in [6.07, 6.45) is 0. The zero-order valence-corrected chi connectivity index (χ0v) is 17.4. The molecule has 4 nitrogen and oxygen atoms in total. The van der Waals surface area contributed by atoms with Crippen LogP contribution in [0.25, 0.3) is 0 Å². The third kappa shape index (κ3) is 8.24. The van der Waals surface area contributed by atoms with E-state index >= 15 is 0 Å². The summed E-state index contributed by atoms with van der Waals surface area (Å²) in [5, 5.41) is 1.01. The third-order valence-corrected chi connectivity index (χ3v) is 4.38. The minimum atomic E-state index is -0.514. The Kier molecular flexibility index (Phi) is 14.1. The summed E-state index contributed by atoms with van der Waals surface area (Å²) < 4.78 is 0. The van der Waals surface area contributed by atoms with E-state index in [0.717, 1.165) is 25.2 Å². The van der Waals surface area contributed by atoms with Crippen molar-refractivity contribution in [2.24, 2.45) is 5.73 Å². The maximum atomic E-state index is 12.3. The molecule has 0 saturated carbocycles. The smallest absolute Gasteiger partial charge is 0.239 e. The van der Waals surface area contributed by atoms with Gasteiger partial charge >= 0.3 is 0 Å². The molecule has 0 aromatic heterocycles. The Hall–Kier alpha value is -0.230. The van der Waals surface area contributed by atoms with Gasteiger partial charge in [-0.05, 0) is 37.7 Å². The van der Waals surface area contributed by atoms with Crippen LogP contribution in [0, 0.1) is 0 Å². The van der Waals surface area contributed by atoms with Gasteiger partial charge in [0.25, 0.3) is 0 Å². The van der Waals surface area contributed by atoms with E-state index in [9.17, 15) is 4.79 Å². The highest BCUT2D eigenvalue weighted by Crippen LogP contribution is 2.23. The van der Waals surface area contributed by atoms with E-state index in [2.05, 4.69) is 18.7 Å². The molecule has 0 unspecified atom stereocenters. The fourth-order valence-electron chi connectivity index (χ4n) is 2.22. The lowest BCUT2D eigenvalue weighted by molar-refractivity contribution is -0.133. The summed E-state index contributed by atoms with van der Waals surface area (Å²) in [5.41, 5.74) is 6.71. The SMILES string of the molecule is CCN(CC)CCN(Cc1ccc(Cl)c(Cl)c1)C(=O)[C@@H](C)N.Cl.Cl. The highest BCUT2D eigenvalue weighted by molar-refractivity contribution is 6.42. The molecule has 0 aliphatic heterocycles. The number of carbonyl (C=O) groups excluding carboxylic acids is 1. The number of hydrogen-bond donors (Lipinski definition) is 1. The highest BCUT2D eigenvalue weighted by atomic mass is 35.5. The first-order valence-electron chi connectivity index (χ1n) is 7.59. The minimum Gasteiger partial charge on any atom is -0.336 e. The van der Waals surface area contributed by atoms with Gasteiger partial charge in [0.05, 0.1) is 16.1 Å². The van der Waals surface area contributed by atoms with Gasteiger partial charge in [0.1, 0.15) is 0 Å². The van der Waals surface area contributed by atoms with Gasteiger partial charge in [-0.1, -0.05) is 43.1 Å². The fraction of sp³-hybridized carbons (Fsp3) is 0.562. The van der Waals surface area contributed by atoms with Crippen LogP contribution in [0.2, 0.25) is 10.0 Å². The molecule has 0 fully saturated rings. The molecule has 0 spiro atoms. The van der Waals surface area contributed by atoms with Crippen LogP contribution in [0.3, 0.4) is 0 Å². The van der Waals surface area contributed by atoms with Gasteiger partial charge in [-0.2, -0.15) is 0 Å². The van der Waals surface area contributed by atoms with Gasteiger partial charge in [0, 0.05) is 19.6 Å². The van der Waals surface area contributed by atoms with E-state index in [1.807, 2.05) is 6.07 Å². The van der Waals surface area contributed by atoms with E-state index in [1.165, 1.54) is 0 Å². The number of halogens is 4. The van der Waals surface area contributed by atoms with Gasteiger partial charge in [0.15, 0.2) is 0 Å². The lowest BCUT2D eigenvalue weighted by Gasteiger charge is -2.28. The van der Waals surface area contributed by atoms with Crippen LogP contribution in [0.5, 0.6) is 0 Å². The summed E-state index contributed by atoms with van der Waals surface area (Å²) in [5.74, 6) is -0.0572. The second kappa shape index (κ2) is 13.0. The van der Waals surface area contributed by atoms with E-state index in [-0.39, 0.29) is 30.7 Å². The number of nitrogens with zero attached hydrogens (tertiary/aromatic N) is 2. The van der Waals surface area contributed by atoms with Gasteiger partial charge in [-0.25, -0.2) is 0 Å². The summed E-state index contributed by atoms with van der Waals surface area (Å²) in [7, 11) is 0. The molecule has 1 atom stereocenters. The standard InChI is InChI=1S/C16H25Cl2N3O.2ClH/c1-4-20(5-2)8-9-21(16(22)12(3)19)11-13-6-7-14(17)15(18)10-13;;/h6-7,10,12H,4-5,8-9,11,19H2,1-3H3;2*1H/t12-;;/m1../s1. The molecule has 0 radical (unpaired) electrons. The lowest BCUT2D eigenvalue weighted by Crippen LogP contribution is -2.45. The fourth-order valence-corrected chi connectivity index (χ4v) is 2.54. The van der Waals surface area contributed by atoms with E-state index in [0.29, 0.717) is 23.1 Å². The molecule has 1 aromatic carbocycles. The Morgan fingerprint density at radius 2 is 1.71 bits per heavy atom. The van der Waals surface area contributed by atoms with Crippen LogP contribution >= 0.6 is 48.0 Å². The first-order chi connectivity index (χ1) is 10.4. The number of amides is 1. The molecule has 8 heteroatoms. The average molecular weight is 419 g/mol. The van der Waals surface area contributed by atoms with Gasteiger partial charge < -0.3 is 15.5 Å². The average Bonchev–Trinajstić information content (AvgIpc) is 2.49. The summed E-state index contributed by atoms with van der Waals surface area (Å²) in [4.78, 5) is 16.4. The van der Waals surface area contributed by atoms with Crippen molar-refractivity contribution < 1.29 is 4.79 Å². The zero-order valence-electron chi connectivity index (χ0n) is 14.3. The molecule has 0 heterocycles. The van der Waals surface area contributed by atoms with Crippen LogP contribution in [-0.2, 0) is 11.3 Å². The molecule has 24 heavy (non-hydrogen) atoms. The van der Waals surface area contributed by atoms with Crippen molar-refractivity contribution in [1.82, 2.24) is 9.80 Å². The van der Waals surface area contributed by atoms with Crippen LogP contribution in [0.4, 0.5) is 0 Å². The van der Waals surface area contributed by atoms with Gasteiger partial charge in [-0.15, -0.1) is 24.8 Å². The van der Waals surface area contributed by atoms with E-state index in [1.54, 1.807) is 24.0 Å². The number of carbonyl (C=O) groups is 1. The Morgan fingerprint density at radius 1 is 1.12 bits per heavy atom. The number of nitrogens with two attached hydrogens (primary N) is 1. The normalized spacial score (nSPS) is 11.5. The molecule has 1 amide bonds. The second-order valence-electron chi connectivity index (χ2n) is 5.32. The van der Waals surface area contributed by atoms with Crippen molar-refractivity contribution in [2.75, 3.05) is 26.2 Å². The molecule has 0 saturated heterocycles. The Balaban J connectivity index is 0. The summed E-state index contributed by atoms with van der Waals surface area (Å²) in [6.45, 7) is 9.81. The van der Waals surface area contributed by atoms with Crippen molar-refractivity contribution in [3.63, 3.8) is 0 Å². The first-order valence-corrected chi connectivity index (χ1v) is 8.35. The van der Waals surface area contributed by atoms with Gasteiger partial charge in [-0.3, -0.25) is 4.79 Å². The largest absolute Gasteiger partial charge is 0.336 e. The van der Waals surface area contributed by atoms with Crippen molar-refractivity contribution in [2.45, 2.75) is 33.4 Å². The Labute approximate surface area is 167 Å². The number of hydrogen-bond acceptors (Lipinski definition) is 3. The van der Waals surface area contributed by atoms with E-state index in [4.69, 9.17) is 28.9 Å². The van der Waals surface area contributed by atoms with Crippen molar-refractivity contribution >= 4 is 53.9 Å². The molecule has 0 aliphatic rings. The molecule has 1 aromatic rings. The number of benzene rings is 1. The Morgan fingerprint density at radius 3 is 2.17 bits per heavy atom. The number of rotatable bonds is 8. The molecular weight excluding hydrogens is 392 g/mol. The van der Waals surface area contributed by atoms with Crippen molar-refractivity contribution in [1.29, 1.82) is 0 Å². The summed E-state index contributed by atoms with van der Waals surface area (Å²) in [6, 6.07) is 4.91. The highest BCUT2D eigenvalue weighted by Gasteiger charge is 2.18. The van der Waals surface area contributed by atoms with Crippen molar-refractivity contribution in [3.8, 4) is 0 Å². The van der Waals surface area contributed by atoms with Gasteiger partial charge in [0.2, 0.25) is 5.91 Å². The third-order valence-electron chi connectivity index (χ3n) is 3.64. The predicted octanol–water partition coefficient (Wildman–Crippen LogP) is 3.85. The molecule has 0 aliphatic carbocycles. The number of likely N-dealkylation sites (N-methyl/N-ethyl adjacent to an activating group) is 1. The van der Waals surface area contributed by atoms with Crippen LogP contribution < -0.4 is 5.73 Å². The molecular formula is C16H27Cl4N3O. The quantitative estimate of drug-likeness (QED) is 0.697. The topological polar surface area (TPSA) is 49.6 Å². The summed E-state index contributed by atoms with van der Waals surface area (Å²) >= 11 is 12.0. The molecule has 1 rings (SSSR count). The van der Waals surface area contributed by atoms with E-state index < -0.39 is 6.04 Å². The van der Waals surface area contributed by atoms with Crippen molar-refractivity contribution in [3.05, 3.63) is 33.8 Å². The predicted molar refractivity (Wildman–Crippen MR) is 108 cm³/mol. The molecule has 2 N–H and O–H groups in total. The first kappa shape index (κ1) is 26.0. The minimum absolute atomic E-state index is 0. The zero-order chi connectivity index (χ0) is 16.7. The Bertz CT molecular complexity index is 496. The lowest BCUT2D eigenvalue weighted by atomic mass is 10.2.